The van der Waals surface area contributed by atoms with Gasteiger partial charge in [0.25, 0.3) is 0 Å². The topological polar surface area (TPSA) is 44.5 Å². The van der Waals surface area contributed by atoms with Crippen molar-refractivity contribution < 1.29 is 13.9 Å². The highest BCUT2D eigenvalue weighted by molar-refractivity contribution is 5.42. The molecule has 0 bridgehead atoms. The first kappa shape index (κ1) is 13.9. The van der Waals surface area contributed by atoms with E-state index < -0.39 is 0 Å². The van der Waals surface area contributed by atoms with Gasteiger partial charge < -0.3 is 15.2 Å². The van der Waals surface area contributed by atoms with Crippen molar-refractivity contribution in [2.24, 2.45) is 5.73 Å². The molecule has 2 atom stereocenters. The Bertz CT molecular complexity index is 672. The highest BCUT2D eigenvalue weighted by atomic mass is 19.1. The summed E-state index contributed by atoms with van der Waals surface area (Å²) in [6, 6.07) is 10.3. The van der Waals surface area contributed by atoms with Crippen LogP contribution in [0.1, 0.15) is 35.3 Å². The highest BCUT2D eigenvalue weighted by Crippen LogP contribution is 2.40. The molecule has 0 fully saturated rings. The van der Waals surface area contributed by atoms with Gasteiger partial charge in [-0.1, -0.05) is 12.1 Å². The second-order valence-corrected chi connectivity index (χ2v) is 5.36. The smallest absolute Gasteiger partial charge is 0.127 e. The van der Waals surface area contributed by atoms with E-state index in [1.165, 1.54) is 12.1 Å². The van der Waals surface area contributed by atoms with Crippen molar-refractivity contribution in [1.29, 1.82) is 0 Å². The third-order valence-corrected chi connectivity index (χ3v) is 3.90. The van der Waals surface area contributed by atoms with E-state index in [1.807, 2.05) is 25.1 Å². The Morgan fingerprint density at radius 1 is 1.24 bits per heavy atom. The van der Waals surface area contributed by atoms with Crippen molar-refractivity contribution >= 4 is 0 Å². The number of ether oxygens (including phenoxy) is 2. The molecule has 110 valence electrons. The Balaban J connectivity index is 1.93. The van der Waals surface area contributed by atoms with Crippen LogP contribution in [0.2, 0.25) is 0 Å². The van der Waals surface area contributed by atoms with Gasteiger partial charge in [0.05, 0.1) is 7.11 Å². The number of aryl methyl sites for hydroxylation is 1. The molecule has 1 unspecified atom stereocenters. The lowest BCUT2D eigenvalue weighted by atomic mass is 9.93. The average molecular weight is 287 g/mol. The number of hydrogen-bond donors (Lipinski definition) is 1. The van der Waals surface area contributed by atoms with Crippen molar-refractivity contribution in [2.75, 3.05) is 7.11 Å². The number of hydrogen-bond acceptors (Lipinski definition) is 3. The zero-order valence-electron chi connectivity index (χ0n) is 12.1. The van der Waals surface area contributed by atoms with E-state index in [9.17, 15) is 4.39 Å². The summed E-state index contributed by atoms with van der Waals surface area (Å²) in [5, 5.41) is 0. The molecule has 1 aliphatic heterocycles. The van der Waals surface area contributed by atoms with Crippen LogP contribution in [0, 0.1) is 12.7 Å². The van der Waals surface area contributed by atoms with Crippen LogP contribution < -0.4 is 15.2 Å². The number of rotatable bonds is 2. The van der Waals surface area contributed by atoms with Crippen molar-refractivity contribution in [1.82, 2.24) is 0 Å². The first-order valence-corrected chi connectivity index (χ1v) is 6.94. The van der Waals surface area contributed by atoms with Gasteiger partial charge in [0.2, 0.25) is 0 Å². The summed E-state index contributed by atoms with van der Waals surface area (Å²) in [5.41, 5.74) is 9.12. The third-order valence-electron chi connectivity index (χ3n) is 3.90. The van der Waals surface area contributed by atoms with Crippen LogP contribution in [0.15, 0.2) is 36.4 Å². The van der Waals surface area contributed by atoms with E-state index in [4.69, 9.17) is 15.2 Å². The summed E-state index contributed by atoms with van der Waals surface area (Å²) in [4.78, 5) is 0. The lowest BCUT2D eigenvalue weighted by molar-refractivity contribution is 0.160. The largest absolute Gasteiger partial charge is 0.496 e. The third kappa shape index (κ3) is 2.59. The second kappa shape index (κ2) is 5.37. The maximum atomic E-state index is 13.4. The van der Waals surface area contributed by atoms with Gasteiger partial charge in [-0.2, -0.15) is 0 Å². The maximum absolute atomic E-state index is 13.4. The number of benzene rings is 2. The van der Waals surface area contributed by atoms with E-state index in [-0.39, 0.29) is 18.0 Å². The molecule has 0 aromatic heterocycles. The van der Waals surface area contributed by atoms with Crippen LogP contribution >= 0.6 is 0 Å². The zero-order chi connectivity index (χ0) is 15.0. The minimum Gasteiger partial charge on any atom is -0.496 e. The fourth-order valence-electron chi connectivity index (χ4n) is 2.78. The molecule has 1 heterocycles. The first-order chi connectivity index (χ1) is 10.1. The second-order valence-electron chi connectivity index (χ2n) is 5.36. The first-order valence-electron chi connectivity index (χ1n) is 6.94. The summed E-state index contributed by atoms with van der Waals surface area (Å²) in [7, 11) is 1.65. The van der Waals surface area contributed by atoms with Crippen molar-refractivity contribution in [3.05, 3.63) is 58.9 Å². The van der Waals surface area contributed by atoms with Crippen LogP contribution in [-0.4, -0.2) is 7.11 Å². The zero-order valence-corrected chi connectivity index (χ0v) is 12.1. The van der Waals surface area contributed by atoms with Crippen molar-refractivity contribution in [3.8, 4) is 11.5 Å². The Kier molecular flexibility index (Phi) is 3.55. The fraction of sp³-hybridized carbons (Fsp3) is 0.294. The molecule has 4 heteroatoms. The molecule has 3 rings (SSSR count). The van der Waals surface area contributed by atoms with Gasteiger partial charge in [0.1, 0.15) is 23.4 Å². The summed E-state index contributed by atoms with van der Waals surface area (Å²) in [5.74, 6) is 1.06. The van der Waals surface area contributed by atoms with Crippen molar-refractivity contribution in [3.63, 3.8) is 0 Å². The molecule has 2 N–H and O–H groups in total. The molecule has 0 amide bonds. The Labute approximate surface area is 123 Å². The van der Waals surface area contributed by atoms with Crippen LogP contribution in [0.4, 0.5) is 4.39 Å². The van der Waals surface area contributed by atoms with Gasteiger partial charge in [-0.25, -0.2) is 4.39 Å². The molecule has 0 radical (unpaired) electrons. The number of methoxy groups -OCH3 is 1. The molecular weight excluding hydrogens is 269 g/mol. The van der Waals surface area contributed by atoms with Crippen LogP contribution in [-0.2, 0) is 0 Å². The van der Waals surface area contributed by atoms with Gasteiger partial charge >= 0.3 is 0 Å². The number of nitrogens with two attached hydrogens (primary N) is 1. The molecule has 0 saturated carbocycles. The molecule has 0 spiro atoms. The van der Waals surface area contributed by atoms with Crippen LogP contribution in [0.3, 0.4) is 0 Å². The van der Waals surface area contributed by atoms with E-state index in [2.05, 4.69) is 0 Å². The monoisotopic (exact) mass is 287 g/mol. The Morgan fingerprint density at radius 3 is 2.76 bits per heavy atom. The van der Waals surface area contributed by atoms with Crippen LogP contribution in [0.5, 0.6) is 11.5 Å². The quantitative estimate of drug-likeness (QED) is 0.916. The van der Waals surface area contributed by atoms with Gasteiger partial charge in [-0.3, -0.25) is 0 Å². The lowest BCUT2D eigenvalue weighted by Crippen LogP contribution is -2.24. The van der Waals surface area contributed by atoms with Gasteiger partial charge in [0.15, 0.2) is 0 Å². The van der Waals surface area contributed by atoms with Crippen LogP contribution in [0.25, 0.3) is 0 Å². The van der Waals surface area contributed by atoms with E-state index >= 15 is 0 Å². The van der Waals surface area contributed by atoms with Gasteiger partial charge in [-0.05, 0) is 36.2 Å². The molecular formula is C17H18FNO2. The fourth-order valence-corrected chi connectivity index (χ4v) is 2.78. The summed E-state index contributed by atoms with van der Waals surface area (Å²) in [6.07, 6.45) is 0.503. The molecule has 2 aromatic carbocycles. The Morgan fingerprint density at radius 2 is 2.05 bits per heavy atom. The Hall–Kier alpha value is -2.07. The van der Waals surface area contributed by atoms with E-state index in [0.29, 0.717) is 12.2 Å². The summed E-state index contributed by atoms with van der Waals surface area (Å²) >= 11 is 0. The highest BCUT2D eigenvalue weighted by Gasteiger charge is 2.27. The molecule has 2 aromatic rings. The van der Waals surface area contributed by atoms with Gasteiger partial charge in [-0.15, -0.1) is 0 Å². The van der Waals surface area contributed by atoms with Crippen molar-refractivity contribution in [2.45, 2.75) is 25.5 Å². The van der Waals surface area contributed by atoms with Gasteiger partial charge in [0, 0.05) is 24.1 Å². The normalized spacial score (nSPS) is 20.6. The standard InChI is InChI=1S/C17H18FNO2/c1-10-7-11(3-6-15(10)20-2)16-9-14(19)13-5-4-12(18)8-17(13)21-16/h3-8,14,16H,9,19H2,1-2H3/t14-,16?/m1/s1. The SMILES string of the molecule is COc1ccc(C2C[C@@H](N)c3ccc(F)cc3O2)cc1C. The molecule has 0 aliphatic carbocycles. The predicted octanol–water partition coefficient (Wildman–Crippen LogP) is 3.67. The molecule has 0 saturated heterocycles. The average Bonchev–Trinajstić information content (AvgIpc) is 2.46. The molecule has 21 heavy (non-hydrogen) atoms. The molecule has 3 nitrogen and oxygen atoms in total. The van der Waals surface area contributed by atoms with E-state index in [1.54, 1.807) is 13.2 Å². The molecule has 1 aliphatic rings. The van der Waals surface area contributed by atoms with E-state index in [0.717, 1.165) is 22.4 Å². The minimum absolute atomic E-state index is 0.151. The number of halogens is 1. The maximum Gasteiger partial charge on any atom is 0.127 e. The summed E-state index contributed by atoms with van der Waals surface area (Å²) in [6.45, 7) is 1.98. The minimum atomic E-state index is -0.312. The number of fused-ring (bicyclic) bond motifs is 1. The lowest BCUT2D eigenvalue weighted by Gasteiger charge is -2.30. The predicted molar refractivity (Wildman–Crippen MR) is 79.0 cm³/mol. The summed E-state index contributed by atoms with van der Waals surface area (Å²) < 4.78 is 24.6.